The fraction of sp³-hybridized carbons (Fsp3) is 0.364. The van der Waals surface area contributed by atoms with Crippen molar-refractivity contribution in [1.82, 2.24) is 5.32 Å². The summed E-state index contributed by atoms with van der Waals surface area (Å²) in [6.07, 6.45) is 3.44. The molecule has 1 saturated carbocycles. The van der Waals surface area contributed by atoms with Crippen LogP contribution in [-0.2, 0) is 21.4 Å². The van der Waals surface area contributed by atoms with E-state index in [2.05, 4.69) is 5.32 Å². The van der Waals surface area contributed by atoms with Gasteiger partial charge in [-0.25, -0.2) is 0 Å². The Hall–Kier alpha value is -2.62. The van der Waals surface area contributed by atoms with Gasteiger partial charge in [-0.05, 0) is 37.3 Å². The van der Waals surface area contributed by atoms with E-state index < -0.39 is 16.8 Å². The Morgan fingerprint density at radius 2 is 1.62 bits per heavy atom. The van der Waals surface area contributed by atoms with Crippen LogP contribution in [0.25, 0.3) is 0 Å². The molecule has 136 valence electrons. The lowest BCUT2D eigenvalue weighted by Gasteiger charge is -2.41. The topological polar surface area (TPSA) is 66.4 Å². The van der Waals surface area contributed by atoms with Gasteiger partial charge in [-0.1, -0.05) is 67.1 Å². The van der Waals surface area contributed by atoms with Gasteiger partial charge >= 0.3 is 5.97 Å². The summed E-state index contributed by atoms with van der Waals surface area (Å²) in [6, 6.07) is 19.1. The maximum absolute atomic E-state index is 12.9. The molecule has 4 heteroatoms. The molecule has 2 N–H and O–H groups in total. The zero-order valence-electron chi connectivity index (χ0n) is 15.1. The van der Waals surface area contributed by atoms with Crippen molar-refractivity contribution in [3.63, 3.8) is 0 Å². The maximum Gasteiger partial charge on any atom is 0.315 e. The first-order valence-corrected chi connectivity index (χ1v) is 9.07. The van der Waals surface area contributed by atoms with Crippen molar-refractivity contribution in [3.05, 3.63) is 71.8 Å². The van der Waals surface area contributed by atoms with Gasteiger partial charge in [0.05, 0.1) is 5.41 Å². The van der Waals surface area contributed by atoms with E-state index >= 15 is 0 Å². The second kappa shape index (κ2) is 7.32. The highest BCUT2D eigenvalue weighted by molar-refractivity contribution is 5.86. The van der Waals surface area contributed by atoms with Crippen LogP contribution in [0, 0.1) is 5.41 Å². The molecule has 0 saturated heterocycles. The van der Waals surface area contributed by atoms with Crippen molar-refractivity contribution in [2.45, 2.75) is 38.0 Å². The molecule has 2 aromatic carbocycles. The van der Waals surface area contributed by atoms with Gasteiger partial charge in [0.1, 0.15) is 5.41 Å². The largest absolute Gasteiger partial charge is 0.481 e. The van der Waals surface area contributed by atoms with Gasteiger partial charge in [0.25, 0.3) is 0 Å². The number of amides is 1. The third-order valence-corrected chi connectivity index (χ3v) is 5.66. The fourth-order valence-corrected chi connectivity index (χ4v) is 3.63. The first-order chi connectivity index (χ1) is 12.5. The van der Waals surface area contributed by atoms with Crippen LogP contribution >= 0.6 is 0 Å². The van der Waals surface area contributed by atoms with Crippen molar-refractivity contribution >= 4 is 11.9 Å². The molecule has 0 heterocycles. The number of aliphatic carboxylic acids is 1. The Balaban J connectivity index is 1.73. The number of carbonyl (C=O) groups excluding carboxylic acids is 1. The van der Waals surface area contributed by atoms with Gasteiger partial charge < -0.3 is 10.4 Å². The predicted molar refractivity (Wildman–Crippen MR) is 101 cm³/mol. The van der Waals surface area contributed by atoms with E-state index in [9.17, 15) is 14.7 Å². The number of hydrogen-bond donors (Lipinski definition) is 2. The number of nitrogens with one attached hydrogen (secondary N) is 1. The van der Waals surface area contributed by atoms with Crippen LogP contribution in [-0.4, -0.2) is 23.5 Å². The highest BCUT2D eigenvalue weighted by Crippen LogP contribution is 2.44. The molecule has 1 aliphatic carbocycles. The number of carbonyl (C=O) groups is 2. The van der Waals surface area contributed by atoms with Crippen LogP contribution in [0.15, 0.2) is 60.7 Å². The molecule has 4 nitrogen and oxygen atoms in total. The zero-order chi connectivity index (χ0) is 18.6. The number of benzene rings is 2. The molecule has 3 rings (SSSR count). The van der Waals surface area contributed by atoms with Crippen LogP contribution < -0.4 is 5.32 Å². The maximum atomic E-state index is 12.9. The summed E-state index contributed by atoms with van der Waals surface area (Å²) in [4.78, 5) is 24.9. The first-order valence-electron chi connectivity index (χ1n) is 9.07. The Morgan fingerprint density at radius 3 is 2.12 bits per heavy atom. The lowest BCUT2D eigenvalue weighted by molar-refractivity contribution is -0.144. The SMILES string of the molecule is CC(CNC(=O)C1(Cc2ccccc2)CCC1)(C(=O)O)c1ccccc1. The Kier molecular flexibility index (Phi) is 5.12. The van der Waals surface area contributed by atoms with Crippen LogP contribution in [0.2, 0.25) is 0 Å². The summed E-state index contributed by atoms with van der Waals surface area (Å²) in [6.45, 7) is 1.75. The number of rotatable bonds is 7. The van der Waals surface area contributed by atoms with Gasteiger partial charge in [-0.2, -0.15) is 0 Å². The molecule has 1 atom stereocenters. The summed E-state index contributed by atoms with van der Waals surface area (Å²) in [5.74, 6) is -0.967. The van der Waals surface area contributed by atoms with Crippen LogP contribution in [0.1, 0.15) is 37.3 Å². The third-order valence-electron chi connectivity index (χ3n) is 5.66. The second-order valence-electron chi connectivity index (χ2n) is 7.48. The minimum Gasteiger partial charge on any atom is -0.481 e. The Labute approximate surface area is 154 Å². The van der Waals surface area contributed by atoms with Gasteiger partial charge in [-0.15, -0.1) is 0 Å². The van der Waals surface area contributed by atoms with E-state index in [1.165, 1.54) is 0 Å². The van der Waals surface area contributed by atoms with E-state index in [0.29, 0.717) is 12.0 Å². The number of carboxylic acid groups (broad SMARTS) is 1. The molecule has 0 radical (unpaired) electrons. The summed E-state index contributed by atoms with van der Waals surface area (Å²) in [7, 11) is 0. The van der Waals surface area contributed by atoms with E-state index in [4.69, 9.17) is 0 Å². The smallest absolute Gasteiger partial charge is 0.315 e. The molecular weight excluding hydrogens is 326 g/mol. The van der Waals surface area contributed by atoms with Crippen molar-refractivity contribution in [2.75, 3.05) is 6.54 Å². The highest BCUT2D eigenvalue weighted by Gasteiger charge is 2.45. The molecule has 1 amide bonds. The van der Waals surface area contributed by atoms with Gasteiger partial charge in [-0.3, -0.25) is 9.59 Å². The van der Waals surface area contributed by atoms with Gasteiger partial charge in [0.15, 0.2) is 0 Å². The molecular formula is C22H25NO3. The Morgan fingerprint density at radius 1 is 1.04 bits per heavy atom. The van der Waals surface area contributed by atoms with Crippen molar-refractivity contribution in [2.24, 2.45) is 5.41 Å². The molecule has 0 aromatic heterocycles. The number of carboxylic acids is 1. The van der Waals surface area contributed by atoms with Crippen LogP contribution in [0.5, 0.6) is 0 Å². The van der Waals surface area contributed by atoms with Crippen LogP contribution in [0.3, 0.4) is 0 Å². The zero-order valence-corrected chi connectivity index (χ0v) is 15.1. The monoisotopic (exact) mass is 351 g/mol. The van der Waals surface area contributed by atoms with E-state index in [1.54, 1.807) is 19.1 Å². The molecule has 1 aliphatic rings. The van der Waals surface area contributed by atoms with Crippen LogP contribution in [0.4, 0.5) is 0 Å². The second-order valence-corrected chi connectivity index (χ2v) is 7.48. The standard InChI is InChI=1S/C22H25NO3/c1-21(20(25)26,18-11-6-3-7-12-18)16-23-19(24)22(13-8-14-22)15-17-9-4-2-5-10-17/h2-7,9-12H,8,13-16H2,1H3,(H,23,24)(H,25,26). The molecule has 26 heavy (non-hydrogen) atoms. The summed E-state index contributed by atoms with van der Waals surface area (Å²) in [5.41, 5.74) is 0.288. The quantitative estimate of drug-likeness (QED) is 0.801. The predicted octanol–water partition coefficient (Wildman–Crippen LogP) is 3.56. The lowest BCUT2D eigenvalue weighted by Crippen LogP contribution is -2.52. The summed E-state index contributed by atoms with van der Waals surface area (Å²) < 4.78 is 0. The molecule has 0 aliphatic heterocycles. The average Bonchev–Trinajstić information content (AvgIpc) is 2.64. The molecule has 0 bridgehead atoms. The van der Waals surface area contributed by atoms with E-state index in [0.717, 1.165) is 24.8 Å². The number of hydrogen-bond acceptors (Lipinski definition) is 2. The minimum absolute atomic E-state index is 0.0315. The molecule has 1 unspecified atom stereocenters. The highest BCUT2D eigenvalue weighted by atomic mass is 16.4. The summed E-state index contributed by atoms with van der Waals surface area (Å²) in [5, 5.41) is 12.7. The van der Waals surface area contributed by atoms with E-state index in [1.807, 2.05) is 48.5 Å². The fourth-order valence-electron chi connectivity index (χ4n) is 3.63. The van der Waals surface area contributed by atoms with Crippen molar-refractivity contribution in [1.29, 1.82) is 0 Å². The summed E-state index contributed by atoms with van der Waals surface area (Å²) >= 11 is 0. The first kappa shape index (κ1) is 18.2. The Bertz CT molecular complexity index is 768. The average molecular weight is 351 g/mol. The lowest BCUT2D eigenvalue weighted by atomic mass is 9.64. The molecule has 0 spiro atoms. The van der Waals surface area contributed by atoms with Crippen molar-refractivity contribution in [3.8, 4) is 0 Å². The normalized spacial score (nSPS) is 17.6. The van der Waals surface area contributed by atoms with Crippen molar-refractivity contribution < 1.29 is 14.7 Å². The van der Waals surface area contributed by atoms with Gasteiger partial charge in [0.2, 0.25) is 5.91 Å². The minimum atomic E-state index is -1.14. The van der Waals surface area contributed by atoms with Gasteiger partial charge in [0, 0.05) is 6.54 Å². The molecule has 2 aromatic rings. The third kappa shape index (κ3) is 3.50. The van der Waals surface area contributed by atoms with E-state index in [-0.39, 0.29) is 12.5 Å². The molecule has 1 fully saturated rings.